The highest BCUT2D eigenvalue weighted by Gasteiger charge is 2.19. The molecule has 2 aromatic rings. The van der Waals surface area contributed by atoms with Crippen molar-refractivity contribution in [3.05, 3.63) is 52.3 Å². The topological polar surface area (TPSA) is 29.9 Å². The summed E-state index contributed by atoms with van der Waals surface area (Å²) in [6.07, 6.45) is 1.81. The van der Waals surface area contributed by atoms with E-state index in [1.54, 1.807) is 0 Å². The quantitative estimate of drug-likeness (QED) is 0.919. The van der Waals surface area contributed by atoms with Crippen molar-refractivity contribution in [2.24, 2.45) is 7.05 Å². The van der Waals surface area contributed by atoms with E-state index in [0.717, 1.165) is 28.4 Å². The molecule has 0 fully saturated rings. The third-order valence-electron chi connectivity index (χ3n) is 3.10. The summed E-state index contributed by atoms with van der Waals surface area (Å²) in [6.45, 7) is 4.99. The highest BCUT2D eigenvalue weighted by molar-refractivity contribution is 6.32. The fourth-order valence-corrected chi connectivity index (χ4v) is 2.37. The van der Waals surface area contributed by atoms with E-state index in [9.17, 15) is 0 Å². The number of rotatable bonds is 4. The molecule has 1 unspecified atom stereocenters. The van der Waals surface area contributed by atoms with Gasteiger partial charge in [-0.3, -0.25) is 4.68 Å². The zero-order chi connectivity index (χ0) is 13.1. The van der Waals surface area contributed by atoms with Gasteiger partial charge in [0.05, 0.1) is 11.7 Å². The number of nitrogens with zero attached hydrogens (tertiary/aromatic N) is 2. The fourth-order valence-electron chi connectivity index (χ4n) is 2.14. The van der Waals surface area contributed by atoms with Crippen molar-refractivity contribution in [3.63, 3.8) is 0 Å². The predicted octanol–water partition coefficient (Wildman–Crippen LogP) is 3.08. The highest BCUT2D eigenvalue weighted by atomic mass is 35.5. The molecule has 0 spiro atoms. The van der Waals surface area contributed by atoms with Gasteiger partial charge in [0.25, 0.3) is 0 Å². The van der Waals surface area contributed by atoms with Gasteiger partial charge in [0.15, 0.2) is 0 Å². The maximum Gasteiger partial charge on any atom is 0.0762 e. The Hall–Kier alpha value is -1.32. The zero-order valence-corrected chi connectivity index (χ0v) is 11.7. The maximum atomic E-state index is 6.42. The number of hydrogen-bond acceptors (Lipinski definition) is 2. The molecule has 0 bridgehead atoms. The molecule has 1 aromatic carbocycles. The lowest BCUT2D eigenvalue weighted by atomic mass is 10.0. The molecule has 0 aliphatic rings. The summed E-state index contributed by atoms with van der Waals surface area (Å²) in [5.41, 5.74) is 3.31. The Labute approximate surface area is 113 Å². The van der Waals surface area contributed by atoms with Gasteiger partial charge in [-0.1, -0.05) is 36.7 Å². The normalized spacial score (nSPS) is 12.7. The summed E-state index contributed by atoms with van der Waals surface area (Å²) in [7, 11) is 1.95. The first-order valence-electron chi connectivity index (χ1n) is 6.11. The van der Waals surface area contributed by atoms with Crippen LogP contribution in [0.5, 0.6) is 0 Å². The van der Waals surface area contributed by atoms with Gasteiger partial charge in [0, 0.05) is 18.3 Å². The monoisotopic (exact) mass is 263 g/mol. The number of benzene rings is 1. The van der Waals surface area contributed by atoms with E-state index in [-0.39, 0.29) is 6.04 Å². The molecule has 0 aliphatic heterocycles. The van der Waals surface area contributed by atoms with E-state index in [0.29, 0.717) is 0 Å². The van der Waals surface area contributed by atoms with Crippen LogP contribution >= 0.6 is 11.6 Å². The molecule has 1 heterocycles. The van der Waals surface area contributed by atoms with Crippen molar-refractivity contribution >= 4 is 11.6 Å². The molecule has 18 heavy (non-hydrogen) atoms. The average molecular weight is 264 g/mol. The standard InChI is InChI=1S/C14H18ClN3/c1-4-16-14(12-8-9-17-18(12)3)11-7-5-6-10(2)13(11)15/h5-9,14,16H,4H2,1-3H3. The molecule has 1 aromatic heterocycles. The molecule has 1 atom stereocenters. The molecule has 3 nitrogen and oxygen atoms in total. The number of hydrogen-bond donors (Lipinski definition) is 1. The van der Waals surface area contributed by atoms with E-state index in [1.807, 2.05) is 43.0 Å². The van der Waals surface area contributed by atoms with Crippen LogP contribution in [0.15, 0.2) is 30.5 Å². The second-order valence-electron chi connectivity index (χ2n) is 4.35. The summed E-state index contributed by atoms with van der Waals surface area (Å²) in [5, 5.41) is 8.52. The lowest BCUT2D eigenvalue weighted by Crippen LogP contribution is -2.24. The van der Waals surface area contributed by atoms with Crippen molar-refractivity contribution in [3.8, 4) is 0 Å². The molecule has 1 N–H and O–H groups in total. The average Bonchev–Trinajstić information content (AvgIpc) is 2.76. The van der Waals surface area contributed by atoms with E-state index in [1.165, 1.54) is 0 Å². The van der Waals surface area contributed by atoms with Crippen LogP contribution in [-0.2, 0) is 7.05 Å². The van der Waals surface area contributed by atoms with Crippen molar-refractivity contribution < 1.29 is 0 Å². The number of nitrogens with one attached hydrogen (secondary N) is 1. The van der Waals surface area contributed by atoms with Gasteiger partial charge >= 0.3 is 0 Å². The van der Waals surface area contributed by atoms with Crippen molar-refractivity contribution in [2.75, 3.05) is 6.54 Å². The molecule has 0 amide bonds. The Bertz CT molecular complexity index is 534. The van der Waals surface area contributed by atoms with Crippen LogP contribution in [0.2, 0.25) is 5.02 Å². The van der Waals surface area contributed by atoms with Gasteiger partial charge in [0.1, 0.15) is 0 Å². The molecule has 0 saturated carbocycles. The first kappa shape index (κ1) is 13.1. The minimum Gasteiger partial charge on any atom is -0.305 e. The molecule has 0 aliphatic carbocycles. The summed E-state index contributed by atoms with van der Waals surface area (Å²) in [6, 6.07) is 8.23. The molecular formula is C14H18ClN3. The molecule has 96 valence electrons. The zero-order valence-electron chi connectivity index (χ0n) is 10.9. The van der Waals surface area contributed by atoms with Crippen molar-refractivity contribution in [2.45, 2.75) is 19.9 Å². The first-order valence-corrected chi connectivity index (χ1v) is 6.49. The van der Waals surface area contributed by atoms with E-state index in [2.05, 4.69) is 23.4 Å². The van der Waals surface area contributed by atoms with E-state index >= 15 is 0 Å². The largest absolute Gasteiger partial charge is 0.305 e. The summed E-state index contributed by atoms with van der Waals surface area (Å²) >= 11 is 6.42. The van der Waals surface area contributed by atoms with Crippen LogP contribution in [0.25, 0.3) is 0 Å². The first-order chi connectivity index (χ1) is 8.65. The molecule has 0 radical (unpaired) electrons. The second-order valence-corrected chi connectivity index (χ2v) is 4.73. The fraction of sp³-hybridized carbons (Fsp3) is 0.357. The SMILES string of the molecule is CCNC(c1cccc(C)c1Cl)c1ccnn1C. The Morgan fingerprint density at radius 3 is 2.78 bits per heavy atom. The highest BCUT2D eigenvalue weighted by Crippen LogP contribution is 2.30. The predicted molar refractivity (Wildman–Crippen MR) is 74.9 cm³/mol. The third-order valence-corrected chi connectivity index (χ3v) is 3.61. The second kappa shape index (κ2) is 5.55. The number of halogens is 1. The minimum absolute atomic E-state index is 0.0786. The summed E-state index contributed by atoms with van der Waals surface area (Å²) < 4.78 is 1.88. The lowest BCUT2D eigenvalue weighted by Gasteiger charge is -2.20. The number of aryl methyl sites for hydroxylation is 2. The molecule has 2 rings (SSSR count). The summed E-state index contributed by atoms with van der Waals surface area (Å²) in [5.74, 6) is 0. The van der Waals surface area contributed by atoms with Crippen LogP contribution in [0.4, 0.5) is 0 Å². The molecular weight excluding hydrogens is 246 g/mol. The van der Waals surface area contributed by atoms with Crippen LogP contribution < -0.4 is 5.32 Å². The minimum atomic E-state index is 0.0786. The lowest BCUT2D eigenvalue weighted by molar-refractivity contribution is 0.572. The Morgan fingerprint density at radius 2 is 2.17 bits per heavy atom. The van der Waals surface area contributed by atoms with Gasteiger partial charge in [0.2, 0.25) is 0 Å². The van der Waals surface area contributed by atoms with Crippen molar-refractivity contribution in [1.82, 2.24) is 15.1 Å². The third kappa shape index (κ3) is 2.42. The van der Waals surface area contributed by atoms with Crippen LogP contribution in [-0.4, -0.2) is 16.3 Å². The van der Waals surface area contributed by atoms with Gasteiger partial charge in [-0.05, 0) is 30.7 Å². The maximum absolute atomic E-state index is 6.42. The van der Waals surface area contributed by atoms with Gasteiger partial charge < -0.3 is 5.32 Å². The van der Waals surface area contributed by atoms with Crippen LogP contribution in [0.3, 0.4) is 0 Å². The molecule has 4 heteroatoms. The van der Waals surface area contributed by atoms with E-state index in [4.69, 9.17) is 11.6 Å². The Kier molecular flexibility index (Phi) is 4.04. The van der Waals surface area contributed by atoms with Gasteiger partial charge in [-0.2, -0.15) is 5.10 Å². The van der Waals surface area contributed by atoms with E-state index < -0.39 is 0 Å². The number of aromatic nitrogens is 2. The van der Waals surface area contributed by atoms with Crippen LogP contribution in [0, 0.1) is 6.92 Å². The summed E-state index contributed by atoms with van der Waals surface area (Å²) in [4.78, 5) is 0. The van der Waals surface area contributed by atoms with Crippen molar-refractivity contribution in [1.29, 1.82) is 0 Å². The molecule has 0 saturated heterocycles. The smallest absolute Gasteiger partial charge is 0.0762 e. The van der Waals surface area contributed by atoms with Gasteiger partial charge in [-0.15, -0.1) is 0 Å². The Morgan fingerprint density at radius 1 is 1.39 bits per heavy atom. The van der Waals surface area contributed by atoms with Gasteiger partial charge in [-0.25, -0.2) is 0 Å². The van der Waals surface area contributed by atoms with Crippen LogP contribution in [0.1, 0.15) is 29.8 Å². The Balaban J connectivity index is 2.48.